The van der Waals surface area contributed by atoms with Crippen molar-refractivity contribution in [1.82, 2.24) is 26.6 Å². The first-order valence-corrected chi connectivity index (χ1v) is 21.1. The van der Waals surface area contributed by atoms with Crippen LogP contribution in [-0.4, -0.2) is 88.9 Å². The van der Waals surface area contributed by atoms with Crippen LogP contribution in [-0.2, 0) is 52.8 Å². The minimum absolute atomic E-state index is 0.0184. The largest absolute Gasteiger partial charge is 0.480 e. The summed E-state index contributed by atoms with van der Waals surface area (Å²) in [6.07, 6.45) is -0.314. The lowest BCUT2D eigenvalue weighted by Gasteiger charge is -2.26. The molecule has 0 unspecified atom stereocenters. The molecule has 328 valence electrons. The Morgan fingerprint density at radius 3 is 1.67 bits per heavy atom. The van der Waals surface area contributed by atoms with Crippen LogP contribution < -0.4 is 31.9 Å². The van der Waals surface area contributed by atoms with Crippen molar-refractivity contribution in [2.24, 2.45) is 0 Å². The number of carboxylic acids is 1. The Hall–Kier alpha value is -7.17. The third kappa shape index (κ3) is 15.4. The normalized spacial score (nSPS) is 12.7. The number of aliphatic hydroxyl groups excluding tert-OH is 1. The van der Waals surface area contributed by atoms with Gasteiger partial charge in [-0.3, -0.25) is 28.8 Å². The Bertz CT molecular complexity index is 2310. The van der Waals surface area contributed by atoms with E-state index in [9.17, 15) is 43.8 Å². The van der Waals surface area contributed by atoms with E-state index in [0.717, 1.165) is 21.6 Å². The lowest BCUT2D eigenvalue weighted by molar-refractivity contribution is -0.142. The molecule has 5 rings (SSSR count). The van der Waals surface area contributed by atoms with Gasteiger partial charge in [0, 0.05) is 42.7 Å². The lowest BCUT2D eigenvalue weighted by atomic mass is 9.99. The Morgan fingerprint density at radius 1 is 0.540 bits per heavy atom. The average molecular weight is 875 g/mol. The zero-order valence-corrected chi connectivity index (χ0v) is 35.4. The minimum Gasteiger partial charge on any atom is -0.480 e. The number of nitrogens with one attached hydrogen (secondary N) is 6. The lowest BCUT2D eigenvalue weighted by Crippen LogP contribution is -2.58. The molecule has 63 heavy (non-hydrogen) atoms. The van der Waals surface area contributed by atoms with E-state index in [2.05, 4.69) is 31.9 Å². The Labute approximate surface area is 368 Å². The van der Waals surface area contributed by atoms with Gasteiger partial charge >= 0.3 is 5.97 Å². The third-order valence-corrected chi connectivity index (χ3v) is 10.7. The topological polar surface area (TPSA) is 232 Å². The van der Waals surface area contributed by atoms with Gasteiger partial charge in [-0.2, -0.15) is 0 Å². The second kappa shape index (κ2) is 23.7. The molecule has 4 atom stereocenters. The molecule has 5 aromatic rings. The summed E-state index contributed by atoms with van der Waals surface area (Å²) in [6, 6.07) is 31.4. The molecule has 8 N–H and O–H groups in total. The van der Waals surface area contributed by atoms with E-state index in [1.165, 1.54) is 11.3 Å². The number of amides is 6. The summed E-state index contributed by atoms with van der Waals surface area (Å²) in [4.78, 5) is 92.8. The van der Waals surface area contributed by atoms with Gasteiger partial charge in [-0.05, 0) is 52.8 Å². The Kier molecular flexibility index (Phi) is 17.7. The summed E-state index contributed by atoms with van der Waals surface area (Å²) in [6.45, 7) is 0.398. The fourth-order valence-corrected chi connectivity index (χ4v) is 7.18. The van der Waals surface area contributed by atoms with Crippen LogP contribution in [0.25, 0.3) is 11.1 Å². The molecule has 0 saturated heterocycles. The van der Waals surface area contributed by atoms with Gasteiger partial charge in [-0.25, -0.2) is 4.79 Å². The molecule has 0 fully saturated rings. The number of aliphatic carboxylic acids is 1. The van der Waals surface area contributed by atoms with Crippen LogP contribution in [0.5, 0.6) is 0 Å². The number of anilines is 1. The molecule has 6 amide bonds. The molecule has 0 aliphatic rings. The zero-order valence-electron chi connectivity index (χ0n) is 34.5. The number of hydrogen-bond donors (Lipinski definition) is 8. The van der Waals surface area contributed by atoms with Gasteiger partial charge in [0.05, 0.1) is 13.2 Å². The third-order valence-electron chi connectivity index (χ3n) is 9.84. The zero-order chi connectivity index (χ0) is 45.1. The first-order valence-electron chi connectivity index (χ1n) is 20.2. The number of carbonyl (C=O) groups excluding carboxylic acids is 6. The number of aliphatic hydroxyl groups is 1. The van der Waals surface area contributed by atoms with Crippen molar-refractivity contribution in [3.63, 3.8) is 0 Å². The maximum atomic E-state index is 14.4. The van der Waals surface area contributed by atoms with Crippen LogP contribution in [0.1, 0.15) is 34.4 Å². The molecular formula is C47H50N6O9S. The number of thiophene rings is 1. The summed E-state index contributed by atoms with van der Waals surface area (Å²) >= 11 is 1.38. The molecule has 4 aromatic carbocycles. The predicted molar refractivity (Wildman–Crippen MR) is 238 cm³/mol. The van der Waals surface area contributed by atoms with Crippen LogP contribution in [0.3, 0.4) is 0 Å². The van der Waals surface area contributed by atoms with Gasteiger partial charge in [0.25, 0.3) is 0 Å². The fourth-order valence-electron chi connectivity index (χ4n) is 6.43. The van der Waals surface area contributed by atoms with Crippen LogP contribution >= 0.6 is 11.3 Å². The number of rotatable bonds is 22. The second-order valence-corrected chi connectivity index (χ2v) is 15.8. The highest BCUT2D eigenvalue weighted by molar-refractivity contribution is 7.09. The summed E-state index contributed by atoms with van der Waals surface area (Å²) in [5.41, 5.74) is 4.85. The van der Waals surface area contributed by atoms with E-state index in [0.29, 0.717) is 16.8 Å². The van der Waals surface area contributed by atoms with Gasteiger partial charge in [-0.1, -0.05) is 109 Å². The summed E-state index contributed by atoms with van der Waals surface area (Å²) in [5, 5.41) is 35.9. The van der Waals surface area contributed by atoms with E-state index >= 15 is 0 Å². The Balaban J connectivity index is 1.35. The van der Waals surface area contributed by atoms with Gasteiger partial charge in [0.2, 0.25) is 35.4 Å². The van der Waals surface area contributed by atoms with E-state index in [1.54, 1.807) is 48.5 Å². The van der Waals surface area contributed by atoms with Crippen LogP contribution in [0.2, 0.25) is 0 Å². The molecule has 16 heteroatoms. The van der Waals surface area contributed by atoms with Crippen LogP contribution in [0.4, 0.5) is 5.69 Å². The first-order chi connectivity index (χ1) is 30.4. The maximum absolute atomic E-state index is 14.4. The second-order valence-electron chi connectivity index (χ2n) is 14.8. The molecule has 0 radical (unpaired) electrons. The van der Waals surface area contributed by atoms with Crippen molar-refractivity contribution in [3.05, 3.63) is 148 Å². The van der Waals surface area contributed by atoms with Crippen molar-refractivity contribution in [2.75, 3.05) is 18.5 Å². The molecule has 15 nitrogen and oxygen atoms in total. The first kappa shape index (κ1) is 46.9. The van der Waals surface area contributed by atoms with Crippen LogP contribution in [0.15, 0.2) is 127 Å². The van der Waals surface area contributed by atoms with Crippen molar-refractivity contribution in [3.8, 4) is 11.1 Å². The number of hydrogen-bond acceptors (Lipinski definition) is 9. The number of aryl methyl sites for hydroxylation is 1. The molecule has 0 saturated carbocycles. The Morgan fingerprint density at radius 2 is 1.08 bits per heavy atom. The van der Waals surface area contributed by atoms with Crippen molar-refractivity contribution >= 4 is 58.4 Å². The molecule has 1 heterocycles. The van der Waals surface area contributed by atoms with Crippen LogP contribution in [0, 0.1) is 6.92 Å². The van der Waals surface area contributed by atoms with Gasteiger partial charge in [-0.15, -0.1) is 11.3 Å². The highest BCUT2D eigenvalue weighted by atomic mass is 32.1. The predicted octanol–water partition coefficient (Wildman–Crippen LogP) is 3.30. The average Bonchev–Trinajstić information content (AvgIpc) is 3.81. The summed E-state index contributed by atoms with van der Waals surface area (Å²) < 4.78 is 0. The number of carboxylic acid groups (broad SMARTS) is 1. The number of carbonyl (C=O) groups is 7. The van der Waals surface area contributed by atoms with E-state index in [1.807, 2.05) is 85.1 Å². The molecule has 1 aromatic heterocycles. The monoisotopic (exact) mass is 874 g/mol. The summed E-state index contributed by atoms with van der Waals surface area (Å²) in [5.74, 6) is -5.48. The molecule has 0 aliphatic heterocycles. The highest BCUT2D eigenvalue weighted by Gasteiger charge is 2.31. The standard InChI is InChI=1S/C47H50N6O9S/c1-30-14-20-35(21-15-30)49-41(55)22-23-42(56)50-39(27-36-13-8-24-63-36)46(60)53-38(26-32-16-18-34(19-17-32)33-11-6-3-7-12-33)45(59)52-37(25-31-9-4-2-5-10-31)44(58)48-28-43(57)51-40(29-54)47(61)62/h2-21,24,37-40,54H,22-23,25-29H2,1H3,(H,48,58)(H,49,55)(H,50,56)(H,51,57)(H,52,59)(H,53,60)(H,61,62)/t37-,38+,39-,40+/m1/s1. The molecular weight excluding hydrogens is 825 g/mol. The van der Waals surface area contributed by atoms with Crippen molar-refractivity contribution in [1.29, 1.82) is 0 Å². The SMILES string of the molecule is Cc1ccc(NC(=O)CCC(=O)N[C@H](Cc2cccs2)C(=O)N[C@@H](Cc2ccc(-c3ccccc3)cc2)C(=O)N[C@H](Cc2ccccc2)C(=O)NCC(=O)N[C@@H](CO)C(=O)O)cc1. The minimum atomic E-state index is -1.59. The smallest absolute Gasteiger partial charge is 0.328 e. The van der Waals surface area contributed by atoms with E-state index in [-0.39, 0.29) is 38.0 Å². The number of benzene rings is 4. The van der Waals surface area contributed by atoms with Gasteiger partial charge in [0.1, 0.15) is 24.2 Å². The summed E-state index contributed by atoms with van der Waals surface area (Å²) in [7, 11) is 0. The van der Waals surface area contributed by atoms with Crippen molar-refractivity contribution < 1.29 is 43.8 Å². The highest BCUT2D eigenvalue weighted by Crippen LogP contribution is 2.20. The molecule has 0 spiro atoms. The molecule has 0 bridgehead atoms. The van der Waals surface area contributed by atoms with Crippen molar-refractivity contribution in [2.45, 2.75) is 63.2 Å². The maximum Gasteiger partial charge on any atom is 0.328 e. The quantitative estimate of drug-likeness (QED) is 0.0509. The molecule has 0 aliphatic carbocycles. The van der Waals surface area contributed by atoms with E-state index in [4.69, 9.17) is 0 Å². The van der Waals surface area contributed by atoms with Gasteiger partial charge < -0.3 is 42.1 Å². The van der Waals surface area contributed by atoms with E-state index < -0.39 is 72.8 Å². The van der Waals surface area contributed by atoms with Gasteiger partial charge in [0.15, 0.2) is 0 Å². The fraction of sp³-hybridized carbons (Fsp3) is 0.255.